The first-order valence-corrected chi connectivity index (χ1v) is 6.45. The Morgan fingerprint density at radius 1 is 1.20 bits per heavy atom. The van der Waals surface area contributed by atoms with Gasteiger partial charge in [-0.1, -0.05) is 25.1 Å². The number of aromatic nitrogens is 2. The molecule has 2 aromatic rings. The summed E-state index contributed by atoms with van der Waals surface area (Å²) < 4.78 is 2.67. The van der Waals surface area contributed by atoms with Crippen LogP contribution in [-0.2, 0) is 13.1 Å². The van der Waals surface area contributed by atoms with Gasteiger partial charge in [0, 0.05) is 18.8 Å². The molecule has 102 valence electrons. The van der Waals surface area contributed by atoms with Crippen LogP contribution >= 0.6 is 0 Å². The van der Waals surface area contributed by atoms with E-state index < -0.39 is 0 Å². The number of hydrogen-bond donors (Lipinski definition) is 0. The Hall–Kier alpha value is -2.61. The third-order valence-corrected chi connectivity index (χ3v) is 3.07. The van der Waals surface area contributed by atoms with Gasteiger partial charge >= 0.3 is 5.69 Å². The Morgan fingerprint density at radius 2 is 1.95 bits per heavy atom. The molecule has 0 atom stereocenters. The minimum Gasteiger partial charge on any atom is -0.300 e. The van der Waals surface area contributed by atoms with Crippen molar-refractivity contribution in [2.45, 2.75) is 26.4 Å². The van der Waals surface area contributed by atoms with Crippen molar-refractivity contribution in [1.82, 2.24) is 9.13 Å². The molecular weight excluding hydrogens is 254 g/mol. The molecule has 0 saturated heterocycles. The van der Waals surface area contributed by atoms with Crippen molar-refractivity contribution in [1.29, 1.82) is 5.26 Å². The van der Waals surface area contributed by atoms with E-state index in [4.69, 9.17) is 5.26 Å². The molecule has 20 heavy (non-hydrogen) atoms. The van der Waals surface area contributed by atoms with Crippen LogP contribution in [0.2, 0.25) is 0 Å². The molecule has 0 amide bonds. The lowest BCUT2D eigenvalue weighted by molar-refractivity contribution is 0.570. The van der Waals surface area contributed by atoms with Crippen molar-refractivity contribution in [3.63, 3.8) is 0 Å². The zero-order chi connectivity index (χ0) is 14.5. The van der Waals surface area contributed by atoms with Crippen LogP contribution in [0.5, 0.6) is 0 Å². The van der Waals surface area contributed by atoms with E-state index in [2.05, 4.69) is 6.07 Å². The number of rotatable bonds is 4. The fourth-order valence-corrected chi connectivity index (χ4v) is 2.05. The van der Waals surface area contributed by atoms with Gasteiger partial charge in [-0.25, -0.2) is 4.79 Å². The molecule has 0 radical (unpaired) electrons. The van der Waals surface area contributed by atoms with Gasteiger partial charge in [-0.3, -0.25) is 9.36 Å². The molecular formula is C15H15N3O2. The minimum atomic E-state index is -0.352. The molecule has 0 unspecified atom stereocenters. The summed E-state index contributed by atoms with van der Waals surface area (Å²) in [6.07, 6.45) is 2.33. The van der Waals surface area contributed by atoms with E-state index in [9.17, 15) is 9.59 Å². The second kappa shape index (κ2) is 6.02. The van der Waals surface area contributed by atoms with Crippen molar-refractivity contribution >= 4 is 0 Å². The highest BCUT2D eigenvalue weighted by atomic mass is 16.2. The first-order valence-electron chi connectivity index (χ1n) is 6.45. The van der Waals surface area contributed by atoms with Crippen molar-refractivity contribution in [3.8, 4) is 6.07 Å². The lowest BCUT2D eigenvalue weighted by Crippen LogP contribution is -2.39. The molecule has 5 nitrogen and oxygen atoms in total. The topological polar surface area (TPSA) is 67.8 Å². The number of nitriles is 1. The number of aryl methyl sites for hydroxylation is 1. The molecule has 5 heteroatoms. The van der Waals surface area contributed by atoms with E-state index in [0.717, 1.165) is 11.0 Å². The van der Waals surface area contributed by atoms with Crippen LogP contribution in [0, 0.1) is 11.3 Å². The molecule has 0 bridgehead atoms. The third-order valence-electron chi connectivity index (χ3n) is 3.07. The van der Waals surface area contributed by atoms with Crippen LogP contribution in [0.1, 0.15) is 24.5 Å². The van der Waals surface area contributed by atoms with Crippen LogP contribution in [-0.4, -0.2) is 9.13 Å². The summed E-state index contributed by atoms with van der Waals surface area (Å²) in [5.74, 6) is 0. The van der Waals surface area contributed by atoms with Gasteiger partial charge in [-0.05, 0) is 18.1 Å². The summed E-state index contributed by atoms with van der Waals surface area (Å²) in [7, 11) is 0. The van der Waals surface area contributed by atoms with Crippen LogP contribution < -0.4 is 11.2 Å². The molecule has 0 aliphatic carbocycles. The average molecular weight is 269 g/mol. The molecule has 0 fully saturated rings. The highest BCUT2D eigenvalue weighted by molar-refractivity contribution is 5.37. The standard InChI is InChI=1S/C15H15N3O2/c1-2-8-17-9-7-14(19)18(15(17)20)11-13-6-4-3-5-12(13)10-16/h3-7,9H,2,8,11H2,1H3. The molecule has 0 N–H and O–H groups in total. The fraction of sp³-hybridized carbons (Fsp3) is 0.267. The zero-order valence-electron chi connectivity index (χ0n) is 11.2. The predicted molar refractivity (Wildman–Crippen MR) is 75.5 cm³/mol. The van der Waals surface area contributed by atoms with Gasteiger partial charge in [-0.15, -0.1) is 0 Å². The normalized spacial score (nSPS) is 10.2. The second-order valence-corrected chi connectivity index (χ2v) is 4.49. The van der Waals surface area contributed by atoms with Gasteiger partial charge in [0.05, 0.1) is 18.2 Å². The van der Waals surface area contributed by atoms with Gasteiger partial charge in [0.2, 0.25) is 0 Å². The molecule has 1 aromatic heterocycles. The van der Waals surface area contributed by atoms with Crippen LogP contribution in [0.25, 0.3) is 0 Å². The van der Waals surface area contributed by atoms with E-state index in [1.54, 1.807) is 24.3 Å². The summed E-state index contributed by atoms with van der Waals surface area (Å²) in [6, 6.07) is 10.4. The van der Waals surface area contributed by atoms with Gasteiger partial charge in [0.15, 0.2) is 0 Å². The summed E-state index contributed by atoms with van der Waals surface area (Å²) >= 11 is 0. The lowest BCUT2D eigenvalue weighted by atomic mass is 10.1. The Morgan fingerprint density at radius 3 is 2.65 bits per heavy atom. The van der Waals surface area contributed by atoms with Gasteiger partial charge in [0.25, 0.3) is 5.56 Å². The zero-order valence-corrected chi connectivity index (χ0v) is 11.2. The van der Waals surface area contributed by atoms with E-state index >= 15 is 0 Å². The molecule has 1 heterocycles. The van der Waals surface area contributed by atoms with Crippen molar-refractivity contribution in [3.05, 3.63) is 68.5 Å². The summed E-state index contributed by atoms with van der Waals surface area (Å²) in [6.45, 7) is 2.65. The quantitative estimate of drug-likeness (QED) is 0.841. The fourth-order valence-electron chi connectivity index (χ4n) is 2.05. The Labute approximate surface area is 116 Å². The van der Waals surface area contributed by atoms with E-state index in [-0.39, 0.29) is 17.8 Å². The maximum absolute atomic E-state index is 12.2. The third kappa shape index (κ3) is 2.69. The van der Waals surface area contributed by atoms with Gasteiger partial charge in [0.1, 0.15) is 0 Å². The Kier molecular flexibility index (Phi) is 4.16. The lowest BCUT2D eigenvalue weighted by Gasteiger charge is -2.09. The second-order valence-electron chi connectivity index (χ2n) is 4.49. The molecule has 2 rings (SSSR count). The monoisotopic (exact) mass is 269 g/mol. The highest BCUT2D eigenvalue weighted by Gasteiger charge is 2.08. The molecule has 0 aliphatic heterocycles. The summed E-state index contributed by atoms with van der Waals surface area (Å²) in [5.41, 5.74) is 0.454. The molecule has 0 aliphatic rings. The first kappa shape index (κ1) is 13.8. The molecule has 1 aromatic carbocycles. The largest absolute Gasteiger partial charge is 0.331 e. The number of hydrogen-bond acceptors (Lipinski definition) is 3. The van der Waals surface area contributed by atoms with Crippen molar-refractivity contribution in [2.24, 2.45) is 0 Å². The average Bonchev–Trinajstić information content (AvgIpc) is 2.47. The summed E-state index contributed by atoms with van der Waals surface area (Å²) in [5, 5.41) is 9.05. The summed E-state index contributed by atoms with van der Waals surface area (Å²) in [4.78, 5) is 24.1. The van der Waals surface area contributed by atoms with Crippen molar-refractivity contribution < 1.29 is 0 Å². The maximum atomic E-state index is 12.2. The smallest absolute Gasteiger partial charge is 0.300 e. The minimum absolute atomic E-state index is 0.117. The van der Waals surface area contributed by atoms with Gasteiger partial charge in [-0.2, -0.15) is 5.26 Å². The van der Waals surface area contributed by atoms with Crippen molar-refractivity contribution in [2.75, 3.05) is 0 Å². The predicted octanol–water partition coefficient (Wildman–Crippen LogP) is 1.34. The number of nitrogens with zero attached hydrogens (tertiary/aromatic N) is 3. The Bertz CT molecular complexity index is 766. The SMILES string of the molecule is CCCn1ccc(=O)n(Cc2ccccc2C#N)c1=O. The first-order chi connectivity index (χ1) is 9.67. The van der Waals surface area contributed by atoms with E-state index in [1.165, 1.54) is 16.8 Å². The van der Waals surface area contributed by atoms with Gasteiger partial charge < -0.3 is 4.57 Å². The Balaban J connectivity index is 2.49. The van der Waals surface area contributed by atoms with Crippen LogP contribution in [0.4, 0.5) is 0 Å². The molecule has 0 spiro atoms. The van der Waals surface area contributed by atoms with E-state index in [1.807, 2.05) is 6.92 Å². The molecule has 0 saturated carbocycles. The van der Waals surface area contributed by atoms with Crippen LogP contribution in [0.15, 0.2) is 46.1 Å². The maximum Gasteiger partial charge on any atom is 0.331 e. The number of benzene rings is 1. The van der Waals surface area contributed by atoms with E-state index in [0.29, 0.717) is 17.7 Å². The van der Waals surface area contributed by atoms with Crippen LogP contribution in [0.3, 0.4) is 0 Å². The highest BCUT2D eigenvalue weighted by Crippen LogP contribution is 2.07.